The molecule has 152 valence electrons. The van der Waals surface area contributed by atoms with Crippen molar-refractivity contribution in [1.82, 2.24) is 9.80 Å². The molecule has 0 spiro atoms. The molecule has 28 heavy (non-hydrogen) atoms. The van der Waals surface area contributed by atoms with Crippen LogP contribution in [0.25, 0.3) is 0 Å². The first-order valence-corrected chi connectivity index (χ1v) is 9.57. The van der Waals surface area contributed by atoms with Gasteiger partial charge in [-0.15, -0.1) is 0 Å². The molecule has 0 N–H and O–H groups in total. The minimum Gasteiger partial charge on any atom is -0.484 e. The lowest BCUT2D eigenvalue weighted by Crippen LogP contribution is -2.46. The fourth-order valence-electron chi connectivity index (χ4n) is 3.44. The van der Waals surface area contributed by atoms with Crippen LogP contribution in [0.2, 0.25) is 0 Å². The van der Waals surface area contributed by atoms with Crippen molar-refractivity contribution in [3.8, 4) is 5.75 Å². The highest BCUT2D eigenvalue weighted by molar-refractivity contribution is 5.85. The summed E-state index contributed by atoms with van der Waals surface area (Å²) < 4.78 is 11.1. The second-order valence-electron chi connectivity index (χ2n) is 7.04. The van der Waals surface area contributed by atoms with Crippen molar-refractivity contribution in [3.05, 3.63) is 34.4 Å². The molecule has 2 heterocycles. The van der Waals surface area contributed by atoms with Gasteiger partial charge in [0.05, 0.1) is 23.6 Å². The summed E-state index contributed by atoms with van der Waals surface area (Å²) in [6, 6.07) is 5.68. The van der Waals surface area contributed by atoms with E-state index in [1.807, 2.05) is 0 Å². The van der Waals surface area contributed by atoms with Gasteiger partial charge in [0.15, 0.2) is 6.61 Å². The maximum Gasteiger partial charge on any atom is 0.273 e. The molecule has 1 aromatic carbocycles. The number of rotatable bonds is 8. The lowest BCUT2D eigenvalue weighted by molar-refractivity contribution is -0.384. The third-order valence-electron chi connectivity index (χ3n) is 4.98. The highest BCUT2D eigenvalue weighted by Gasteiger charge is 2.27. The van der Waals surface area contributed by atoms with Crippen molar-refractivity contribution in [1.29, 1.82) is 0 Å². The Morgan fingerprint density at radius 2 is 2.07 bits per heavy atom. The van der Waals surface area contributed by atoms with Crippen LogP contribution in [0.4, 0.5) is 5.69 Å². The number of nitrogens with zero attached hydrogens (tertiary/aromatic N) is 3. The minimum absolute atomic E-state index is 0.00299. The topological polar surface area (TPSA) is 102 Å². The van der Waals surface area contributed by atoms with E-state index in [0.717, 1.165) is 38.8 Å². The Balaban J connectivity index is 1.60. The van der Waals surface area contributed by atoms with E-state index in [0.29, 0.717) is 13.2 Å². The molecule has 1 unspecified atom stereocenters. The van der Waals surface area contributed by atoms with Crippen LogP contribution in [0.3, 0.4) is 0 Å². The molecule has 0 saturated carbocycles. The van der Waals surface area contributed by atoms with Gasteiger partial charge in [-0.1, -0.05) is 6.07 Å². The molecule has 2 aliphatic heterocycles. The average Bonchev–Trinajstić information content (AvgIpc) is 3.39. The van der Waals surface area contributed by atoms with Crippen LogP contribution in [-0.4, -0.2) is 72.0 Å². The maximum atomic E-state index is 12.7. The Morgan fingerprint density at radius 3 is 2.75 bits per heavy atom. The Labute approximate surface area is 163 Å². The van der Waals surface area contributed by atoms with Crippen molar-refractivity contribution in [2.75, 3.05) is 39.4 Å². The molecule has 0 aromatic heterocycles. The highest BCUT2D eigenvalue weighted by atomic mass is 16.6. The quantitative estimate of drug-likeness (QED) is 0.493. The average molecular weight is 391 g/mol. The van der Waals surface area contributed by atoms with Gasteiger partial charge in [0.2, 0.25) is 5.91 Å². The minimum atomic E-state index is -0.521. The Hall–Kier alpha value is -2.68. The number of carbonyl (C=O) groups is 2. The van der Waals surface area contributed by atoms with E-state index in [2.05, 4.69) is 0 Å². The van der Waals surface area contributed by atoms with E-state index in [1.54, 1.807) is 11.0 Å². The van der Waals surface area contributed by atoms with E-state index in [1.165, 1.54) is 23.1 Å². The first-order chi connectivity index (χ1) is 13.5. The largest absolute Gasteiger partial charge is 0.484 e. The molecule has 9 heteroatoms. The lowest BCUT2D eigenvalue weighted by atomic mass is 10.2. The van der Waals surface area contributed by atoms with E-state index in [-0.39, 0.29) is 42.5 Å². The van der Waals surface area contributed by atoms with Gasteiger partial charge in [0.25, 0.3) is 11.6 Å². The van der Waals surface area contributed by atoms with Crippen molar-refractivity contribution in [2.45, 2.75) is 31.8 Å². The van der Waals surface area contributed by atoms with Gasteiger partial charge in [0.1, 0.15) is 5.75 Å². The zero-order valence-electron chi connectivity index (χ0n) is 15.7. The summed E-state index contributed by atoms with van der Waals surface area (Å²) in [6.45, 7) is 2.17. The summed E-state index contributed by atoms with van der Waals surface area (Å²) in [5.41, 5.74) is -0.106. The molecule has 1 atom stereocenters. The third kappa shape index (κ3) is 5.41. The second kappa shape index (κ2) is 9.50. The Kier molecular flexibility index (Phi) is 6.80. The van der Waals surface area contributed by atoms with Crippen molar-refractivity contribution >= 4 is 17.5 Å². The lowest BCUT2D eigenvalue weighted by Gasteiger charge is -2.27. The van der Waals surface area contributed by atoms with Gasteiger partial charge in [-0.05, 0) is 31.7 Å². The fraction of sp³-hybridized carbons (Fsp3) is 0.579. The summed E-state index contributed by atoms with van der Waals surface area (Å²) in [5, 5.41) is 10.9. The number of hydrogen-bond acceptors (Lipinski definition) is 6. The summed E-state index contributed by atoms with van der Waals surface area (Å²) >= 11 is 0. The first-order valence-electron chi connectivity index (χ1n) is 9.57. The van der Waals surface area contributed by atoms with Crippen LogP contribution in [0.5, 0.6) is 5.75 Å². The fourth-order valence-corrected chi connectivity index (χ4v) is 3.44. The van der Waals surface area contributed by atoms with E-state index in [9.17, 15) is 19.7 Å². The zero-order chi connectivity index (χ0) is 19.9. The molecule has 0 aliphatic carbocycles. The van der Waals surface area contributed by atoms with Gasteiger partial charge < -0.3 is 19.3 Å². The van der Waals surface area contributed by atoms with Gasteiger partial charge in [-0.2, -0.15) is 0 Å². The molecule has 2 amide bonds. The van der Waals surface area contributed by atoms with Gasteiger partial charge in [0, 0.05) is 32.3 Å². The predicted octanol–water partition coefficient (Wildman–Crippen LogP) is 1.60. The number of hydrogen-bond donors (Lipinski definition) is 0. The smallest absolute Gasteiger partial charge is 0.273 e. The Morgan fingerprint density at radius 1 is 1.29 bits per heavy atom. The number of non-ortho nitro benzene ring substituents is 1. The Bertz CT molecular complexity index is 713. The molecule has 9 nitrogen and oxygen atoms in total. The number of carbonyl (C=O) groups excluding carboxylic acids is 2. The molecule has 0 bridgehead atoms. The second-order valence-corrected chi connectivity index (χ2v) is 7.04. The summed E-state index contributed by atoms with van der Waals surface area (Å²) in [5.74, 6) is -0.167. The summed E-state index contributed by atoms with van der Waals surface area (Å²) in [7, 11) is 0. The molecular formula is C19H25N3O6. The summed E-state index contributed by atoms with van der Waals surface area (Å²) in [4.78, 5) is 38.8. The van der Waals surface area contributed by atoms with E-state index >= 15 is 0 Å². The molecule has 2 saturated heterocycles. The van der Waals surface area contributed by atoms with Crippen LogP contribution in [0.15, 0.2) is 24.3 Å². The molecule has 2 fully saturated rings. The van der Waals surface area contributed by atoms with Crippen LogP contribution in [-0.2, 0) is 14.3 Å². The van der Waals surface area contributed by atoms with Crippen molar-refractivity contribution in [3.63, 3.8) is 0 Å². The SMILES string of the molecule is O=C(CN(CC1CCCO1)C(=O)COc1cccc([N+](=O)[O-])c1)N1CCCC1. The molecule has 2 aliphatic rings. The number of amides is 2. The van der Waals surface area contributed by atoms with Crippen LogP contribution < -0.4 is 4.74 Å². The number of ether oxygens (including phenoxy) is 2. The molecule has 3 rings (SSSR count). The normalized spacial score (nSPS) is 18.9. The highest BCUT2D eigenvalue weighted by Crippen LogP contribution is 2.19. The van der Waals surface area contributed by atoms with Gasteiger partial charge in [-0.25, -0.2) is 0 Å². The standard InChI is InChI=1S/C19H25N3O6/c23-18(20-8-1-2-9-20)13-21(12-17-7-4-10-27-17)19(24)14-28-16-6-3-5-15(11-16)22(25)26/h3,5-6,11,17H,1-2,4,7-10,12-14H2. The number of benzene rings is 1. The monoisotopic (exact) mass is 391 g/mol. The molecule has 1 aromatic rings. The van der Waals surface area contributed by atoms with Gasteiger partial charge >= 0.3 is 0 Å². The van der Waals surface area contributed by atoms with Crippen LogP contribution in [0, 0.1) is 10.1 Å². The van der Waals surface area contributed by atoms with Crippen LogP contribution in [0.1, 0.15) is 25.7 Å². The van der Waals surface area contributed by atoms with E-state index in [4.69, 9.17) is 9.47 Å². The zero-order valence-corrected chi connectivity index (χ0v) is 15.7. The predicted molar refractivity (Wildman–Crippen MR) is 100.0 cm³/mol. The summed E-state index contributed by atoms with van der Waals surface area (Å²) in [6.07, 6.45) is 3.70. The van der Waals surface area contributed by atoms with Crippen LogP contribution >= 0.6 is 0 Å². The number of nitro benzene ring substituents is 1. The molecule has 0 radical (unpaired) electrons. The number of likely N-dealkylation sites (tertiary alicyclic amines) is 1. The maximum absolute atomic E-state index is 12.7. The van der Waals surface area contributed by atoms with Crippen molar-refractivity contribution < 1.29 is 24.0 Å². The number of nitro groups is 1. The van der Waals surface area contributed by atoms with Crippen molar-refractivity contribution in [2.24, 2.45) is 0 Å². The van der Waals surface area contributed by atoms with E-state index < -0.39 is 4.92 Å². The van der Waals surface area contributed by atoms with Gasteiger partial charge in [-0.3, -0.25) is 19.7 Å². The first kappa shape index (κ1) is 20.1. The third-order valence-corrected chi connectivity index (χ3v) is 4.98. The molecular weight excluding hydrogens is 366 g/mol.